The molecule has 94 valence electrons. The van der Waals surface area contributed by atoms with Gasteiger partial charge in [-0.15, -0.1) is 0 Å². The standard InChI is InChI=1S/C10H14N2O4S/c1-7(13)12-9-4-3-8(6-11-2)5-10(9)17(14,15)16/h3-5,11H,6H2,1-2H3,(H,12,13)(H,14,15,16). The van der Waals surface area contributed by atoms with Crippen molar-refractivity contribution >= 4 is 21.7 Å². The SMILES string of the molecule is CNCc1ccc(NC(C)=O)c(S(=O)(=O)O)c1. The summed E-state index contributed by atoms with van der Waals surface area (Å²) in [6.07, 6.45) is 0. The highest BCUT2D eigenvalue weighted by atomic mass is 32.2. The Morgan fingerprint density at radius 1 is 1.41 bits per heavy atom. The normalized spacial score (nSPS) is 11.2. The number of benzene rings is 1. The predicted octanol–water partition coefficient (Wildman–Crippen LogP) is 0.611. The van der Waals surface area contributed by atoms with Gasteiger partial charge in [-0.05, 0) is 24.7 Å². The molecule has 0 unspecified atom stereocenters. The minimum absolute atomic E-state index is 0.0693. The van der Waals surface area contributed by atoms with E-state index in [-0.39, 0.29) is 10.6 Å². The lowest BCUT2D eigenvalue weighted by Gasteiger charge is -2.09. The molecule has 3 N–H and O–H groups in total. The van der Waals surface area contributed by atoms with Crippen LogP contribution >= 0.6 is 0 Å². The maximum Gasteiger partial charge on any atom is 0.296 e. The molecule has 6 nitrogen and oxygen atoms in total. The molecule has 0 fully saturated rings. The van der Waals surface area contributed by atoms with Crippen LogP contribution in [0.2, 0.25) is 0 Å². The molecule has 0 atom stereocenters. The zero-order valence-electron chi connectivity index (χ0n) is 9.52. The van der Waals surface area contributed by atoms with Gasteiger partial charge in [0.05, 0.1) is 5.69 Å². The van der Waals surface area contributed by atoms with Crippen LogP contribution in [0.25, 0.3) is 0 Å². The van der Waals surface area contributed by atoms with E-state index in [0.29, 0.717) is 12.1 Å². The third-order valence-electron chi connectivity index (χ3n) is 2.02. The summed E-state index contributed by atoms with van der Waals surface area (Å²) in [6.45, 7) is 1.72. The van der Waals surface area contributed by atoms with Crippen LogP contribution in [0, 0.1) is 0 Å². The largest absolute Gasteiger partial charge is 0.325 e. The summed E-state index contributed by atoms with van der Waals surface area (Å²) in [7, 11) is -2.65. The first-order valence-electron chi connectivity index (χ1n) is 4.87. The van der Waals surface area contributed by atoms with Crippen molar-refractivity contribution in [3.63, 3.8) is 0 Å². The number of hydrogen-bond acceptors (Lipinski definition) is 4. The van der Waals surface area contributed by atoms with E-state index in [1.807, 2.05) is 0 Å². The van der Waals surface area contributed by atoms with Crippen LogP contribution in [-0.2, 0) is 21.5 Å². The maximum atomic E-state index is 11.2. The molecular formula is C10H14N2O4S. The van der Waals surface area contributed by atoms with E-state index >= 15 is 0 Å². The van der Waals surface area contributed by atoms with E-state index in [4.69, 9.17) is 4.55 Å². The number of rotatable bonds is 4. The Morgan fingerprint density at radius 2 is 2.06 bits per heavy atom. The number of nitrogens with one attached hydrogen (secondary N) is 2. The second kappa shape index (κ2) is 5.26. The van der Waals surface area contributed by atoms with E-state index in [9.17, 15) is 13.2 Å². The van der Waals surface area contributed by atoms with Crippen LogP contribution in [-0.4, -0.2) is 25.9 Å². The summed E-state index contributed by atoms with van der Waals surface area (Å²) in [5, 5.41) is 5.21. The summed E-state index contributed by atoms with van der Waals surface area (Å²) in [5.74, 6) is -0.406. The smallest absolute Gasteiger partial charge is 0.296 e. The van der Waals surface area contributed by atoms with Crippen LogP contribution < -0.4 is 10.6 Å². The first kappa shape index (κ1) is 13.6. The molecule has 0 spiro atoms. The number of carbonyl (C=O) groups is 1. The minimum Gasteiger partial charge on any atom is -0.325 e. The van der Waals surface area contributed by atoms with Gasteiger partial charge in [0.15, 0.2) is 0 Å². The number of amides is 1. The van der Waals surface area contributed by atoms with Crippen LogP contribution in [0.15, 0.2) is 23.1 Å². The van der Waals surface area contributed by atoms with Crippen LogP contribution in [0.5, 0.6) is 0 Å². The predicted molar refractivity (Wildman–Crippen MR) is 63.3 cm³/mol. The molecule has 1 rings (SSSR count). The van der Waals surface area contributed by atoms with Crippen molar-refractivity contribution in [1.82, 2.24) is 5.32 Å². The fraction of sp³-hybridized carbons (Fsp3) is 0.300. The molecule has 0 heterocycles. The van der Waals surface area contributed by atoms with Gasteiger partial charge in [-0.25, -0.2) is 0 Å². The van der Waals surface area contributed by atoms with E-state index < -0.39 is 16.0 Å². The van der Waals surface area contributed by atoms with Crippen molar-refractivity contribution in [2.75, 3.05) is 12.4 Å². The quantitative estimate of drug-likeness (QED) is 0.688. The van der Waals surface area contributed by atoms with E-state index in [2.05, 4.69) is 10.6 Å². The Balaban J connectivity index is 3.27. The highest BCUT2D eigenvalue weighted by Gasteiger charge is 2.16. The number of hydrogen-bond donors (Lipinski definition) is 3. The Morgan fingerprint density at radius 3 is 2.53 bits per heavy atom. The van der Waals surface area contributed by atoms with Gasteiger partial charge in [-0.1, -0.05) is 6.07 Å². The third-order valence-corrected chi connectivity index (χ3v) is 2.91. The van der Waals surface area contributed by atoms with Crippen molar-refractivity contribution in [2.45, 2.75) is 18.4 Å². The lowest BCUT2D eigenvalue weighted by atomic mass is 10.2. The average molecular weight is 258 g/mol. The lowest BCUT2D eigenvalue weighted by Crippen LogP contribution is -2.12. The first-order valence-corrected chi connectivity index (χ1v) is 6.31. The van der Waals surface area contributed by atoms with Crippen LogP contribution in [0.1, 0.15) is 12.5 Å². The van der Waals surface area contributed by atoms with Gasteiger partial charge in [-0.3, -0.25) is 9.35 Å². The van der Waals surface area contributed by atoms with Gasteiger partial charge in [0, 0.05) is 13.5 Å². The van der Waals surface area contributed by atoms with Gasteiger partial charge >= 0.3 is 0 Å². The van der Waals surface area contributed by atoms with E-state index in [1.54, 1.807) is 13.1 Å². The second-order valence-electron chi connectivity index (χ2n) is 3.52. The molecule has 0 aliphatic rings. The first-order chi connectivity index (χ1) is 7.84. The summed E-state index contributed by atoms with van der Waals surface area (Å²) < 4.78 is 31.4. The summed E-state index contributed by atoms with van der Waals surface area (Å²) in [5.41, 5.74) is 0.758. The van der Waals surface area contributed by atoms with Crippen LogP contribution in [0.4, 0.5) is 5.69 Å². The molecule has 1 aromatic carbocycles. The van der Waals surface area contributed by atoms with Crippen molar-refractivity contribution < 1.29 is 17.8 Å². The Bertz CT molecular complexity index is 525. The average Bonchev–Trinajstić information content (AvgIpc) is 2.18. The van der Waals surface area contributed by atoms with E-state index in [0.717, 1.165) is 0 Å². The minimum atomic E-state index is -4.36. The highest BCUT2D eigenvalue weighted by Crippen LogP contribution is 2.22. The molecule has 0 saturated carbocycles. The van der Waals surface area contributed by atoms with Gasteiger partial charge in [0.2, 0.25) is 5.91 Å². The molecule has 17 heavy (non-hydrogen) atoms. The molecule has 1 aromatic rings. The van der Waals surface area contributed by atoms with Gasteiger partial charge < -0.3 is 10.6 Å². The van der Waals surface area contributed by atoms with E-state index in [1.165, 1.54) is 19.1 Å². The van der Waals surface area contributed by atoms with Gasteiger partial charge in [0.25, 0.3) is 10.1 Å². The zero-order valence-corrected chi connectivity index (χ0v) is 10.3. The summed E-state index contributed by atoms with van der Waals surface area (Å²) in [6, 6.07) is 4.42. The fourth-order valence-electron chi connectivity index (χ4n) is 1.39. The molecule has 0 aliphatic carbocycles. The Kier molecular flexibility index (Phi) is 4.22. The molecule has 0 bridgehead atoms. The Hall–Kier alpha value is -1.44. The van der Waals surface area contributed by atoms with Crippen molar-refractivity contribution in [3.05, 3.63) is 23.8 Å². The number of carbonyl (C=O) groups excluding carboxylic acids is 1. The molecule has 7 heteroatoms. The van der Waals surface area contributed by atoms with Crippen molar-refractivity contribution in [2.24, 2.45) is 0 Å². The fourth-order valence-corrected chi connectivity index (χ4v) is 2.08. The third kappa shape index (κ3) is 3.81. The maximum absolute atomic E-state index is 11.2. The van der Waals surface area contributed by atoms with Gasteiger partial charge in [-0.2, -0.15) is 8.42 Å². The summed E-state index contributed by atoms with van der Waals surface area (Å²) >= 11 is 0. The molecule has 0 aliphatic heterocycles. The molecule has 0 saturated heterocycles. The lowest BCUT2D eigenvalue weighted by molar-refractivity contribution is -0.114. The number of anilines is 1. The Labute approximate surface area is 99.8 Å². The topological polar surface area (TPSA) is 95.5 Å². The summed E-state index contributed by atoms with van der Waals surface area (Å²) in [4.78, 5) is 10.6. The second-order valence-corrected chi connectivity index (χ2v) is 4.91. The van der Waals surface area contributed by atoms with Gasteiger partial charge in [0.1, 0.15) is 4.90 Å². The molecule has 1 amide bonds. The van der Waals surface area contributed by atoms with Crippen LogP contribution in [0.3, 0.4) is 0 Å². The highest BCUT2D eigenvalue weighted by molar-refractivity contribution is 7.86. The van der Waals surface area contributed by atoms with Crippen molar-refractivity contribution in [1.29, 1.82) is 0 Å². The molecule has 0 aromatic heterocycles. The zero-order chi connectivity index (χ0) is 13.1. The monoisotopic (exact) mass is 258 g/mol. The molecular weight excluding hydrogens is 244 g/mol. The molecule has 0 radical (unpaired) electrons. The van der Waals surface area contributed by atoms with Crippen molar-refractivity contribution in [3.8, 4) is 0 Å².